The molecule has 1 aromatic rings. The highest BCUT2D eigenvalue weighted by atomic mass is 14.9. The lowest BCUT2D eigenvalue weighted by Crippen LogP contribution is -2.36. The largest absolute Gasteiger partial charge is 0.312 e. The van der Waals surface area contributed by atoms with Crippen LogP contribution in [0.4, 0.5) is 0 Å². The van der Waals surface area contributed by atoms with Crippen LogP contribution in [0.3, 0.4) is 0 Å². The van der Waals surface area contributed by atoms with E-state index in [2.05, 4.69) is 70.3 Å². The molecule has 0 saturated carbocycles. The maximum absolute atomic E-state index is 3.51. The zero-order valence-electron chi connectivity index (χ0n) is 13.2. The maximum Gasteiger partial charge on any atom is 0.00966 e. The molecule has 0 atom stereocenters. The Morgan fingerprint density at radius 2 is 1.79 bits per heavy atom. The number of benzene rings is 1. The molecule has 0 spiro atoms. The molecule has 1 nitrogen and oxygen atoms in total. The van der Waals surface area contributed by atoms with Gasteiger partial charge in [-0.2, -0.15) is 0 Å². The Labute approximate surface area is 119 Å². The topological polar surface area (TPSA) is 12.0 Å². The summed E-state index contributed by atoms with van der Waals surface area (Å²) in [6.45, 7) is 12.1. The molecular weight excluding hydrogens is 230 g/mol. The second kappa shape index (κ2) is 7.49. The first-order valence-electron chi connectivity index (χ1n) is 7.43. The molecule has 106 valence electrons. The molecule has 0 aliphatic heterocycles. The van der Waals surface area contributed by atoms with Gasteiger partial charge in [0.25, 0.3) is 0 Å². The minimum Gasteiger partial charge on any atom is -0.312 e. The number of rotatable bonds is 6. The van der Waals surface area contributed by atoms with Crippen molar-refractivity contribution in [2.45, 2.75) is 59.4 Å². The Balaban J connectivity index is 2.49. The molecular formula is C18H29N. The average molecular weight is 259 g/mol. The molecule has 0 bridgehead atoms. The van der Waals surface area contributed by atoms with Gasteiger partial charge >= 0.3 is 0 Å². The summed E-state index contributed by atoms with van der Waals surface area (Å²) < 4.78 is 0. The van der Waals surface area contributed by atoms with Crippen LogP contribution < -0.4 is 5.32 Å². The van der Waals surface area contributed by atoms with Crippen molar-refractivity contribution >= 4 is 5.57 Å². The van der Waals surface area contributed by atoms with E-state index < -0.39 is 0 Å². The van der Waals surface area contributed by atoms with Crippen molar-refractivity contribution in [3.05, 3.63) is 41.5 Å². The molecule has 0 unspecified atom stereocenters. The molecule has 0 aliphatic carbocycles. The highest BCUT2D eigenvalue weighted by Crippen LogP contribution is 2.16. The van der Waals surface area contributed by atoms with Crippen molar-refractivity contribution in [3.63, 3.8) is 0 Å². The van der Waals surface area contributed by atoms with Crippen molar-refractivity contribution < 1.29 is 0 Å². The van der Waals surface area contributed by atoms with Gasteiger partial charge in [-0.25, -0.2) is 0 Å². The monoisotopic (exact) mass is 259 g/mol. The Kier molecular flexibility index (Phi) is 6.30. The lowest BCUT2D eigenvalue weighted by atomic mass is 10.0. The van der Waals surface area contributed by atoms with Gasteiger partial charge in [-0.3, -0.25) is 0 Å². The average Bonchev–Trinajstić information content (AvgIpc) is 2.34. The molecule has 1 aromatic carbocycles. The smallest absolute Gasteiger partial charge is 0.00966 e. The van der Waals surface area contributed by atoms with Gasteiger partial charge in [-0.15, -0.1) is 0 Å². The molecule has 0 radical (unpaired) electrons. The van der Waals surface area contributed by atoms with Crippen LogP contribution in [0.1, 0.15) is 58.6 Å². The van der Waals surface area contributed by atoms with Crippen molar-refractivity contribution in [2.75, 3.05) is 6.54 Å². The van der Waals surface area contributed by atoms with E-state index in [1.807, 2.05) is 0 Å². The van der Waals surface area contributed by atoms with E-state index in [-0.39, 0.29) is 5.54 Å². The summed E-state index contributed by atoms with van der Waals surface area (Å²) in [6.07, 6.45) is 5.80. The van der Waals surface area contributed by atoms with Crippen molar-refractivity contribution in [3.8, 4) is 0 Å². The quantitative estimate of drug-likeness (QED) is 0.722. The first-order valence-corrected chi connectivity index (χ1v) is 7.43. The number of allylic oxidation sites excluding steroid dienone is 1. The van der Waals surface area contributed by atoms with Crippen LogP contribution in [-0.4, -0.2) is 12.1 Å². The lowest BCUT2D eigenvalue weighted by molar-refractivity contribution is 0.431. The van der Waals surface area contributed by atoms with Crippen molar-refractivity contribution in [2.24, 2.45) is 0 Å². The summed E-state index contributed by atoms with van der Waals surface area (Å²) in [5, 5.41) is 3.51. The number of hydrogen-bond acceptors (Lipinski definition) is 1. The van der Waals surface area contributed by atoms with Gasteiger partial charge in [0.1, 0.15) is 0 Å². The predicted octanol–water partition coefficient (Wildman–Crippen LogP) is 4.82. The fourth-order valence-corrected chi connectivity index (χ4v) is 2.08. The molecule has 1 rings (SSSR count). The first kappa shape index (κ1) is 16.0. The molecule has 19 heavy (non-hydrogen) atoms. The third kappa shape index (κ3) is 6.58. The summed E-state index contributed by atoms with van der Waals surface area (Å²) in [7, 11) is 0. The van der Waals surface area contributed by atoms with E-state index in [4.69, 9.17) is 0 Å². The fraction of sp³-hybridized carbons (Fsp3) is 0.556. The molecule has 0 amide bonds. The van der Waals surface area contributed by atoms with Crippen LogP contribution in [0, 0.1) is 0 Å². The summed E-state index contributed by atoms with van der Waals surface area (Å²) in [5.74, 6) is 0. The summed E-state index contributed by atoms with van der Waals surface area (Å²) in [5.41, 5.74) is 4.37. The van der Waals surface area contributed by atoms with Crippen LogP contribution in [0.5, 0.6) is 0 Å². The van der Waals surface area contributed by atoms with Gasteiger partial charge in [0.15, 0.2) is 0 Å². The summed E-state index contributed by atoms with van der Waals surface area (Å²) in [4.78, 5) is 0. The highest BCUT2D eigenvalue weighted by molar-refractivity contribution is 5.63. The van der Waals surface area contributed by atoms with E-state index in [9.17, 15) is 0 Å². The normalized spacial score (nSPS) is 12.8. The number of hydrogen-bond donors (Lipinski definition) is 1. The van der Waals surface area contributed by atoms with E-state index in [1.54, 1.807) is 0 Å². The van der Waals surface area contributed by atoms with Crippen LogP contribution in [0.2, 0.25) is 0 Å². The summed E-state index contributed by atoms with van der Waals surface area (Å²) >= 11 is 0. The molecule has 0 heterocycles. The number of aryl methyl sites for hydroxylation is 1. The maximum atomic E-state index is 3.51. The third-order valence-corrected chi connectivity index (χ3v) is 3.20. The summed E-state index contributed by atoms with van der Waals surface area (Å²) in [6, 6.07) is 9.00. The van der Waals surface area contributed by atoms with E-state index in [0.29, 0.717) is 0 Å². The van der Waals surface area contributed by atoms with E-state index in [1.165, 1.54) is 29.5 Å². The van der Waals surface area contributed by atoms with Crippen LogP contribution in [0.25, 0.3) is 5.57 Å². The Hall–Kier alpha value is -1.08. The van der Waals surface area contributed by atoms with Gasteiger partial charge in [0.05, 0.1) is 0 Å². The Morgan fingerprint density at radius 1 is 1.16 bits per heavy atom. The fourth-order valence-electron chi connectivity index (χ4n) is 2.08. The third-order valence-electron chi connectivity index (χ3n) is 3.20. The molecule has 1 N–H and O–H groups in total. The molecule has 1 heteroatoms. The molecule has 0 saturated heterocycles. The second-order valence-electron chi connectivity index (χ2n) is 6.30. The van der Waals surface area contributed by atoms with E-state index >= 15 is 0 Å². The van der Waals surface area contributed by atoms with Gasteiger partial charge in [-0.1, -0.05) is 43.7 Å². The highest BCUT2D eigenvalue weighted by Gasteiger charge is 2.06. The minimum absolute atomic E-state index is 0.212. The van der Waals surface area contributed by atoms with Crippen molar-refractivity contribution in [1.82, 2.24) is 5.32 Å². The van der Waals surface area contributed by atoms with Crippen molar-refractivity contribution in [1.29, 1.82) is 0 Å². The second-order valence-corrected chi connectivity index (χ2v) is 6.30. The van der Waals surface area contributed by atoms with Crippen LogP contribution >= 0.6 is 0 Å². The van der Waals surface area contributed by atoms with Gasteiger partial charge in [0, 0.05) is 5.54 Å². The SMILES string of the molecule is CCCc1ccc(C(C)=CCCNC(C)(C)C)cc1. The zero-order valence-corrected chi connectivity index (χ0v) is 13.2. The van der Waals surface area contributed by atoms with Crippen LogP contribution in [-0.2, 0) is 6.42 Å². The van der Waals surface area contributed by atoms with Crippen LogP contribution in [0.15, 0.2) is 30.3 Å². The predicted molar refractivity (Wildman–Crippen MR) is 86.5 cm³/mol. The minimum atomic E-state index is 0.212. The Morgan fingerprint density at radius 3 is 2.32 bits per heavy atom. The van der Waals surface area contributed by atoms with E-state index in [0.717, 1.165) is 13.0 Å². The lowest BCUT2D eigenvalue weighted by Gasteiger charge is -2.19. The zero-order chi connectivity index (χ0) is 14.3. The van der Waals surface area contributed by atoms with Gasteiger partial charge in [0.2, 0.25) is 0 Å². The Bertz CT molecular complexity index is 393. The standard InChI is InChI=1S/C18H29N/c1-6-8-16-10-12-17(13-11-16)15(2)9-7-14-19-18(3,4)5/h9-13,19H,6-8,14H2,1-5H3. The first-order chi connectivity index (χ1) is 8.92. The van der Waals surface area contributed by atoms with Gasteiger partial charge in [-0.05, 0) is 63.8 Å². The van der Waals surface area contributed by atoms with Gasteiger partial charge < -0.3 is 5.32 Å². The number of nitrogens with one attached hydrogen (secondary N) is 1. The molecule has 0 aliphatic rings. The molecule has 0 fully saturated rings. The molecule has 0 aromatic heterocycles.